The van der Waals surface area contributed by atoms with E-state index >= 15 is 0 Å². The van der Waals surface area contributed by atoms with Gasteiger partial charge in [-0.25, -0.2) is 0 Å². The first-order valence-corrected chi connectivity index (χ1v) is 7.66. The zero-order valence-electron chi connectivity index (χ0n) is 13.0. The second-order valence-electron chi connectivity index (χ2n) is 6.41. The highest BCUT2D eigenvalue weighted by Gasteiger charge is 2.20. The molecule has 2 rings (SSSR count). The van der Waals surface area contributed by atoms with Crippen LogP contribution in [0.3, 0.4) is 0 Å². The average Bonchev–Trinajstić information content (AvgIpc) is 2.85. The molecule has 1 aliphatic heterocycles. The molecule has 2 atom stereocenters. The fourth-order valence-corrected chi connectivity index (χ4v) is 2.62. The Bertz CT molecular complexity index is 443. The fourth-order valence-electron chi connectivity index (χ4n) is 2.62. The van der Waals surface area contributed by atoms with Crippen LogP contribution in [0.2, 0.25) is 0 Å². The number of benzene rings is 1. The molecule has 0 fully saturated rings. The van der Waals surface area contributed by atoms with Crippen LogP contribution < -0.4 is 10.1 Å². The summed E-state index contributed by atoms with van der Waals surface area (Å²) in [4.78, 5) is 0. The summed E-state index contributed by atoms with van der Waals surface area (Å²) >= 11 is 0. The lowest BCUT2D eigenvalue weighted by Gasteiger charge is -2.26. The van der Waals surface area contributed by atoms with Crippen LogP contribution in [0.1, 0.15) is 44.9 Å². The lowest BCUT2D eigenvalue weighted by Crippen LogP contribution is -2.35. The molecule has 1 aromatic rings. The van der Waals surface area contributed by atoms with Crippen LogP contribution in [0.25, 0.3) is 0 Å². The number of hydrogen-bond donors (Lipinski definition) is 2. The summed E-state index contributed by atoms with van der Waals surface area (Å²) in [5.41, 5.74) is 2.60. The van der Waals surface area contributed by atoms with Gasteiger partial charge in [0.1, 0.15) is 5.75 Å². The molecule has 0 radical (unpaired) electrons. The maximum atomic E-state index is 9.98. The van der Waals surface area contributed by atoms with E-state index in [2.05, 4.69) is 37.4 Å². The Labute approximate surface area is 122 Å². The normalized spacial score (nSPS) is 17.1. The van der Waals surface area contributed by atoms with E-state index in [4.69, 9.17) is 4.74 Å². The Morgan fingerprint density at radius 2 is 1.95 bits per heavy atom. The molecular weight excluding hydrogens is 250 g/mol. The number of nitrogens with one attached hydrogen (secondary N) is 1. The van der Waals surface area contributed by atoms with Crippen molar-refractivity contribution in [2.24, 2.45) is 11.8 Å². The number of ether oxygens (including phenoxy) is 1. The summed E-state index contributed by atoms with van der Waals surface area (Å²) in [5, 5.41) is 13.5. The van der Waals surface area contributed by atoms with Crippen molar-refractivity contribution in [3.05, 3.63) is 29.3 Å². The molecule has 0 aromatic heterocycles. The van der Waals surface area contributed by atoms with Gasteiger partial charge in [0.15, 0.2) is 0 Å². The third-order valence-corrected chi connectivity index (χ3v) is 4.06. The molecule has 2 unspecified atom stereocenters. The summed E-state index contributed by atoms with van der Waals surface area (Å²) < 4.78 is 5.56. The predicted molar refractivity (Wildman–Crippen MR) is 82.1 cm³/mol. The molecule has 3 nitrogen and oxygen atoms in total. The lowest BCUT2D eigenvalue weighted by atomic mass is 9.93. The van der Waals surface area contributed by atoms with Gasteiger partial charge >= 0.3 is 0 Å². The minimum atomic E-state index is -0.297. The third-order valence-electron chi connectivity index (χ3n) is 4.06. The number of aliphatic hydroxyl groups excluding tert-OH is 1. The van der Waals surface area contributed by atoms with E-state index < -0.39 is 0 Å². The monoisotopic (exact) mass is 277 g/mol. The van der Waals surface area contributed by atoms with E-state index in [0.29, 0.717) is 12.5 Å². The first kappa shape index (κ1) is 15.3. The average molecular weight is 277 g/mol. The molecule has 0 amide bonds. The Morgan fingerprint density at radius 3 is 2.60 bits per heavy atom. The van der Waals surface area contributed by atoms with Crippen LogP contribution in [0.5, 0.6) is 5.75 Å². The summed E-state index contributed by atoms with van der Waals surface area (Å²) in [7, 11) is 0. The van der Waals surface area contributed by atoms with Gasteiger partial charge in [0.05, 0.1) is 12.7 Å². The molecule has 0 spiro atoms. The summed E-state index contributed by atoms with van der Waals surface area (Å²) in [5.74, 6) is 1.79. The molecular formula is C17H27NO2. The largest absolute Gasteiger partial charge is 0.493 e. The molecule has 0 saturated carbocycles. The third kappa shape index (κ3) is 3.53. The SMILES string of the molecule is CC(C)C(O)CNC(c1ccc2c(c1)CCO2)C(C)C. The number of fused-ring (bicyclic) bond motifs is 1. The molecule has 0 bridgehead atoms. The Kier molecular flexibility index (Phi) is 5.06. The molecule has 20 heavy (non-hydrogen) atoms. The van der Waals surface area contributed by atoms with E-state index in [1.165, 1.54) is 11.1 Å². The molecule has 0 saturated heterocycles. The molecule has 1 heterocycles. The highest BCUT2D eigenvalue weighted by atomic mass is 16.5. The number of aliphatic hydroxyl groups is 1. The highest BCUT2D eigenvalue weighted by Crippen LogP contribution is 2.30. The van der Waals surface area contributed by atoms with Crippen molar-refractivity contribution >= 4 is 0 Å². The first-order valence-electron chi connectivity index (χ1n) is 7.66. The van der Waals surface area contributed by atoms with Crippen LogP contribution in [0, 0.1) is 11.8 Å². The Balaban J connectivity index is 2.08. The van der Waals surface area contributed by atoms with Crippen LogP contribution in [-0.4, -0.2) is 24.4 Å². The molecule has 1 aliphatic rings. The van der Waals surface area contributed by atoms with Crippen molar-refractivity contribution in [2.75, 3.05) is 13.2 Å². The quantitative estimate of drug-likeness (QED) is 0.840. The maximum absolute atomic E-state index is 9.98. The fraction of sp³-hybridized carbons (Fsp3) is 0.647. The first-order chi connectivity index (χ1) is 9.49. The van der Waals surface area contributed by atoms with E-state index in [1.54, 1.807) is 0 Å². The molecule has 112 valence electrons. The van der Waals surface area contributed by atoms with Gasteiger partial charge < -0.3 is 15.2 Å². The van der Waals surface area contributed by atoms with Crippen LogP contribution in [0.4, 0.5) is 0 Å². The van der Waals surface area contributed by atoms with Crippen molar-refractivity contribution in [2.45, 2.75) is 46.3 Å². The van der Waals surface area contributed by atoms with E-state index in [-0.39, 0.29) is 18.1 Å². The van der Waals surface area contributed by atoms with Gasteiger partial charge in [-0.15, -0.1) is 0 Å². The van der Waals surface area contributed by atoms with Crippen LogP contribution in [-0.2, 0) is 6.42 Å². The van der Waals surface area contributed by atoms with Gasteiger partial charge in [-0.1, -0.05) is 39.8 Å². The topological polar surface area (TPSA) is 41.5 Å². The lowest BCUT2D eigenvalue weighted by molar-refractivity contribution is 0.117. The second-order valence-corrected chi connectivity index (χ2v) is 6.41. The molecule has 0 aliphatic carbocycles. The highest BCUT2D eigenvalue weighted by molar-refractivity contribution is 5.40. The van der Waals surface area contributed by atoms with Crippen molar-refractivity contribution in [3.8, 4) is 5.75 Å². The second kappa shape index (κ2) is 6.59. The van der Waals surface area contributed by atoms with E-state index in [0.717, 1.165) is 18.8 Å². The van der Waals surface area contributed by atoms with Crippen molar-refractivity contribution in [1.82, 2.24) is 5.32 Å². The minimum absolute atomic E-state index is 0.272. The van der Waals surface area contributed by atoms with Crippen molar-refractivity contribution in [1.29, 1.82) is 0 Å². The van der Waals surface area contributed by atoms with Gasteiger partial charge in [-0.05, 0) is 29.0 Å². The summed E-state index contributed by atoms with van der Waals surface area (Å²) in [6.45, 7) is 9.94. The number of rotatable bonds is 6. The van der Waals surface area contributed by atoms with Gasteiger partial charge in [-0.2, -0.15) is 0 Å². The number of hydrogen-bond acceptors (Lipinski definition) is 3. The summed E-state index contributed by atoms with van der Waals surface area (Å²) in [6.07, 6.45) is 0.705. The van der Waals surface area contributed by atoms with Crippen molar-refractivity contribution in [3.63, 3.8) is 0 Å². The molecule has 1 aromatic carbocycles. The zero-order chi connectivity index (χ0) is 14.7. The van der Waals surface area contributed by atoms with Crippen LogP contribution in [0.15, 0.2) is 18.2 Å². The molecule has 3 heteroatoms. The smallest absolute Gasteiger partial charge is 0.122 e. The Hall–Kier alpha value is -1.06. The van der Waals surface area contributed by atoms with E-state index in [1.807, 2.05) is 13.8 Å². The van der Waals surface area contributed by atoms with E-state index in [9.17, 15) is 5.11 Å². The van der Waals surface area contributed by atoms with Gasteiger partial charge in [0.2, 0.25) is 0 Å². The maximum Gasteiger partial charge on any atom is 0.122 e. The van der Waals surface area contributed by atoms with Crippen LogP contribution >= 0.6 is 0 Å². The molecule has 2 N–H and O–H groups in total. The standard InChI is InChI=1S/C17H27NO2/c1-11(2)15(19)10-18-17(12(3)4)14-5-6-16-13(9-14)7-8-20-16/h5-6,9,11-12,15,17-19H,7-8,10H2,1-4H3. The minimum Gasteiger partial charge on any atom is -0.493 e. The van der Waals surface area contributed by atoms with Gasteiger partial charge in [0, 0.05) is 19.0 Å². The van der Waals surface area contributed by atoms with Crippen molar-refractivity contribution < 1.29 is 9.84 Å². The Morgan fingerprint density at radius 1 is 1.20 bits per heavy atom. The van der Waals surface area contributed by atoms with Gasteiger partial charge in [-0.3, -0.25) is 0 Å². The zero-order valence-corrected chi connectivity index (χ0v) is 13.0. The van der Waals surface area contributed by atoms with Gasteiger partial charge in [0.25, 0.3) is 0 Å². The summed E-state index contributed by atoms with van der Waals surface area (Å²) in [6, 6.07) is 6.74. The predicted octanol–water partition coefficient (Wildman–Crippen LogP) is 2.93.